The Bertz CT molecular complexity index is 929. The molecule has 0 aliphatic carbocycles. The molecule has 28 heavy (non-hydrogen) atoms. The fourth-order valence-electron chi connectivity index (χ4n) is 2.95. The number of rotatable bonds is 4. The van der Waals surface area contributed by atoms with Gasteiger partial charge in [-0.1, -0.05) is 42.5 Å². The number of carbonyl (C=O) groups excluding carboxylic acids is 1. The second-order valence-corrected chi connectivity index (χ2v) is 7.60. The van der Waals surface area contributed by atoms with E-state index in [1.807, 2.05) is 70.2 Å². The number of carbonyl (C=O) groups is 1. The Morgan fingerprint density at radius 1 is 1.04 bits per heavy atom. The van der Waals surface area contributed by atoms with E-state index in [1.54, 1.807) is 16.6 Å². The van der Waals surface area contributed by atoms with Gasteiger partial charge in [0.05, 0.1) is 6.04 Å². The highest BCUT2D eigenvalue weighted by Crippen LogP contribution is 2.30. The van der Waals surface area contributed by atoms with Crippen LogP contribution >= 0.6 is 0 Å². The van der Waals surface area contributed by atoms with Gasteiger partial charge in [-0.05, 0) is 61.4 Å². The molecule has 0 aliphatic rings. The summed E-state index contributed by atoms with van der Waals surface area (Å²) in [5, 5.41) is 11.6. The van der Waals surface area contributed by atoms with Crippen LogP contribution in [-0.2, 0) is 11.8 Å². The quantitative estimate of drug-likeness (QED) is 0.672. The van der Waals surface area contributed by atoms with Crippen LogP contribution in [0.5, 0.6) is 0 Å². The van der Waals surface area contributed by atoms with Crippen molar-refractivity contribution in [1.29, 1.82) is 0 Å². The number of amides is 1. The number of ether oxygens (including phenoxy) is 1. The van der Waals surface area contributed by atoms with Crippen LogP contribution < -0.4 is 4.90 Å². The Balaban J connectivity index is 1.96. The minimum Gasteiger partial charge on any atom is -0.443 e. The first kappa shape index (κ1) is 19.5. The van der Waals surface area contributed by atoms with Gasteiger partial charge in [0.15, 0.2) is 5.82 Å². The topological polar surface area (TPSA) is 73.1 Å². The van der Waals surface area contributed by atoms with Gasteiger partial charge in [-0.2, -0.15) is 0 Å². The molecular weight excluding hydrogens is 354 g/mol. The van der Waals surface area contributed by atoms with E-state index in [9.17, 15) is 4.79 Å². The number of nitrogens with zero attached hydrogens (tertiary/aromatic N) is 5. The Morgan fingerprint density at radius 3 is 2.18 bits per heavy atom. The van der Waals surface area contributed by atoms with Gasteiger partial charge in [0.1, 0.15) is 5.60 Å². The van der Waals surface area contributed by atoms with E-state index < -0.39 is 17.7 Å². The highest BCUT2D eigenvalue weighted by Gasteiger charge is 2.30. The molecule has 0 fully saturated rings. The molecule has 0 spiro atoms. The first-order valence-electron chi connectivity index (χ1n) is 9.16. The van der Waals surface area contributed by atoms with Crippen LogP contribution in [-0.4, -0.2) is 31.9 Å². The van der Waals surface area contributed by atoms with Crippen molar-refractivity contribution in [2.24, 2.45) is 7.05 Å². The van der Waals surface area contributed by atoms with E-state index in [0.29, 0.717) is 11.5 Å². The molecule has 0 saturated heterocycles. The molecule has 7 nitrogen and oxygen atoms in total. The van der Waals surface area contributed by atoms with Gasteiger partial charge in [0.2, 0.25) is 0 Å². The van der Waals surface area contributed by atoms with Crippen molar-refractivity contribution in [3.63, 3.8) is 0 Å². The predicted molar refractivity (Wildman–Crippen MR) is 108 cm³/mol. The Labute approximate surface area is 164 Å². The van der Waals surface area contributed by atoms with Crippen LogP contribution in [0.3, 0.4) is 0 Å². The third-order valence-corrected chi connectivity index (χ3v) is 4.26. The second-order valence-electron chi connectivity index (χ2n) is 7.60. The standard InChI is InChI=1S/C21H25N5O2/c1-15(19-22-23-24-25(19)5)26(20(27)28-21(2,3)4)18-13-11-17(12-14-18)16-9-7-6-8-10-16/h6-15H,1-5H3. The SMILES string of the molecule is CC(c1nnnn1C)N(C(=O)OC(C)(C)C)c1ccc(-c2ccccc2)cc1. The highest BCUT2D eigenvalue weighted by atomic mass is 16.6. The van der Waals surface area contributed by atoms with Crippen LogP contribution in [0.15, 0.2) is 54.6 Å². The Kier molecular flexibility index (Phi) is 5.44. The van der Waals surface area contributed by atoms with Crippen molar-refractivity contribution in [3.05, 3.63) is 60.4 Å². The zero-order valence-electron chi connectivity index (χ0n) is 16.8. The van der Waals surface area contributed by atoms with E-state index in [0.717, 1.165) is 11.1 Å². The lowest BCUT2D eigenvalue weighted by atomic mass is 10.1. The summed E-state index contributed by atoms with van der Waals surface area (Å²) in [5.74, 6) is 0.568. The third-order valence-electron chi connectivity index (χ3n) is 4.26. The zero-order chi connectivity index (χ0) is 20.3. The summed E-state index contributed by atoms with van der Waals surface area (Å²) in [6.45, 7) is 7.41. The van der Waals surface area contributed by atoms with Crippen LogP contribution in [0.1, 0.15) is 39.6 Å². The average molecular weight is 379 g/mol. The van der Waals surface area contributed by atoms with Gasteiger partial charge in [0, 0.05) is 12.7 Å². The van der Waals surface area contributed by atoms with E-state index >= 15 is 0 Å². The summed E-state index contributed by atoms with van der Waals surface area (Å²) < 4.78 is 7.19. The van der Waals surface area contributed by atoms with Crippen molar-refractivity contribution in [2.75, 3.05) is 4.90 Å². The second kappa shape index (κ2) is 7.80. The first-order valence-corrected chi connectivity index (χ1v) is 9.16. The van der Waals surface area contributed by atoms with Gasteiger partial charge in [-0.15, -0.1) is 5.10 Å². The monoisotopic (exact) mass is 379 g/mol. The van der Waals surface area contributed by atoms with Crippen LogP contribution in [0.25, 0.3) is 11.1 Å². The molecular formula is C21H25N5O2. The van der Waals surface area contributed by atoms with E-state index in [-0.39, 0.29) is 0 Å². The molecule has 2 aromatic carbocycles. The number of aromatic nitrogens is 4. The fourth-order valence-corrected chi connectivity index (χ4v) is 2.95. The maximum absolute atomic E-state index is 13.0. The minimum atomic E-state index is -0.614. The Hall–Kier alpha value is -3.22. The van der Waals surface area contributed by atoms with Crippen LogP contribution in [0.4, 0.5) is 10.5 Å². The molecule has 1 aromatic heterocycles. The molecule has 0 bridgehead atoms. The molecule has 1 atom stereocenters. The summed E-state index contributed by atoms with van der Waals surface area (Å²) >= 11 is 0. The largest absolute Gasteiger partial charge is 0.443 e. The summed E-state index contributed by atoms with van der Waals surface area (Å²) in [7, 11) is 1.75. The summed E-state index contributed by atoms with van der Waals surface area (Å²) in [6.07, 6.45) is -0.449. The predicted octanol–water partition coefficient (Wildman–Crippen LogP) is 4.38. The van der Waals surface area contributed by atoms with Crippen molar-refractivity contribution in [1.82, 2.24) is 20.2 Å². The molecule has 0 radical (unpaired) electrons. The van der Waals surface area contributed by atoms with E-state index in [4.69, 9.17) is 4.74 Å². The normalized spacial score (nSPS) is 12.5. The number of benzene rings is 2. The lowest BCUT2D eigenvalue weighted by molar-refractivity contribution is 0.0565. The number of aryl methyl sites for hydroxylation is 1. The first-order chi connectivity index (χ1) is 13.3. The molecule has 0 saturated carbocycles. The summed E-state index contributed by atoms with van der Waals surface area (Å²) in [6, 6.07) is 17.5. The number of hydrogen-bond acceptors (Lipinski definition) is 5. The smallest absolute Gasteiger partial charge is 0.415 e. The van der Waals surface area contributed by atoms with Gasteiger partial charge >= 0.3 is 6.09 Å². The van der Waals surface area contributed by atoms with Gasteiger partial charge in [-0.25, -0.2) is 9.48 Å². The highest BCUT2D eigenvalue weighted by molar-refractivity contribution is 5.89. The minimum absolute atomic E-state index is 0.405. The van der Waals surface area contributed by atoms with Crippen molar-refractivity contribution in [3.8, 4) is 11.1 Å². The van der Waals surface area contributed by atoms with Gasteiger partial charge in [-0.3, -0.25) is 4.90 Å². The number of tetrazole rings is 1. The zero-order valence-corrected chi connectivity index (χ0v) is 16.8. The molecule has 3 rings (SSSR count). The Morgan fingerprint density at radius 2 is 1.64 bits per heavy atom. The maximum Gasteiger partial charge on any atom is 0.415 e. The van der Waals surface area contributed by atoms with Crippen molar-refractivity contribution in [2.45, 2.75) is 39.3 Å². The maximum atomic E-state index is 13.0. The van der Waals surface area contributed by atoms with Crippen molar-refractivity contribution < 1.29 is 9.53 Å². The van der Waals surface area contributed by atoms with Gasteiger partial charge < -0.3 is 4.74 Å². The van der Waals surface area contributed by atoms with Crippen LogP contribution in [0, 0.1) is 0 Å². The third kappa shape index (κ3) is 4.36. The lowest BCUT2D eigenvalue weighted by Crippen LogP contribution is -2.39. The molecule has 1 heterocycles. The number of hydrogen-bond donors (Lipinski definition) is 0. The molecule has 3 aromatic rings. The fraction of sp³-hybridized carbons (Fsp3) is 0.333. The molecule has 1 unspecified atom stereocenters. The van der Waals surface area contributed by atoms with E-state index in [1.165, 1.54) is 0 Å². The van der Waals surface area contributed by atoms with Crippen LogP contribution in [0.2, 0.25) is 0 Å². The molecule has 0 aliphatic heterocycles. The molecule has 1 amide bonds. The van der Waals surface area contributed by atoms with Gasteiger partial charge in [0.25, 0.3) is 0 Å². The summed E-state index contributed by atoms with van der Waals surface area (Å²) in [5.41, 5.74) is 2.28. The molecule has 7 heteroatoms. The molecule has 0 N–H and O–H groups in total. The van der Waals surface area contributed by atoms with Crippen molar-refractivity contribution >= 4 is 11.8 Å². The number of anilines is 1. The lowest BCUT2D eigenvalue weighted by Gasteiger charge is -2.31. The molecule has 146 valence electrons. The average Bonchev–Trinajstić information content (AvgIpc) is 3.08. The van der Waals surface area contributed by atoms with E-state index in [2.05, 4.69) is 27.7 Å². The summed E-state index contributed by atoms with van der Waals surface area (Å²) in [4.78, 5) is 14.6.